The Morgan fingerprint density at radius 2 is 1.88 bits per heavy atom. The Kier molecular flexibility index (Phi) is 5.14. The molecule has 2 bridgehead atoms. The van der Waals surface area contributed by atoms with Gasteiger partial charge in [0.25, 0.3) is 0 Å². The number of anilines is 1. The average molecular weight is 363 g/mol. The molecule has 2 atom stereocenters. The van der Waals surface area contributed by atoms with Crippen LogP contribution in [0.2, 0.25) is 0 Å². The molecule has 2 unspecified atom stereocenters. The third-order valence-electron chi connectivity index (χ3n) is 4.85. The van der Waals surface area contributed by atoms with Gasteiger partial charge in [-0.05, 0) is 12.1 Å². The Hall–Kier alpha value is -2.03. The van der Waals surface area contributed by atoms with Gasteiger partial charge in [-0.2, -0.15) is 0 Å². The first kappa shape index (κ1) is 17.4. The molecule has 26 heavy (non-hydrogen) atoms. The molecule has 1 N–H and O–H groups in total. The van der Waals surface area contributed by atoms with Gasteiger partial charge in [-0.1, -0.05) is 0 Å². The molecule has 0 saturated carbocycles. The van der Waals surface area contributed by atoms with Crippen molar-refractivity contribution >= 4 is 11.7 Å². The number of morpholine rings is 2. The topological polar surface area (TPSA) is 72.5 Å². The van der Waals surface area contributed by atoms with E-state index in [4.69, 9.17) is 18.9 Å². The molecule has 1 aromatic rings. The zero-order chi connectivity index (χ0) is 17.9. The first-order valence-corrected chi connectivity index (χ1v) is 9.03. The number of hydrogen-bond acceptors (Lipinski definition) is 6. The van der Waals surface area contributed by atoms with Gasteiger partial charge in [0, 0.05) is 51.6 Å². The normalized spacial score (nSPS) is 25.0. The van der Waals surface area contributed by atoms with Crippen molar-refractivity contribution in [3.63, 3.8) is 0 Å². The molecule has 2 amide bonds. The predicted octanol–water partition coefficient (Wildman–Crippen LogP) is 1.02. The largest absolute Gasteiger partial charge is 0.486 e. The molecule has 0 aromatic heterocycles. The van der Waals surface area contributed by atoms with E-state index in [2.05, 4.69) is 10.2 Å². The Labute approximate surface area is 152 Å². The number of methoxy groups -OCH3 is 1. The van der Waals surface area contributed by atoms with Gasteiger partial charge in [0.05, 0.1) is 18.8 Å². The number of urea groups is 1. The maximum absolute atomic E-state index is 12.7. The lowest BCUT2D eigenvalue weighted by molar-refractivity contribution is -0.129. The van der Waals surface area contributed by atoms with E-state index >= 15 is 0 Å². The molecule has 8 nitrogen and oxygen atoms in total. The monoisotopic (exact) mass is 363 g/mol. The summed E-state index contributed by atoms with van der Waals surface area (Å²) in [6, 6.07) is 5.36. The number of benzene rings is 1. The third kappa shape index (κ3) is 3.87. The van der Waals surface area contributed by atoms with E-state index < -0.39 is 0 Å². The van der Waals surface area contributed by atoms with Crippen LogP contribution in [0, 0.1) is 0 Å². The minimum Gasteiger partial charge on any atom is -0.486 e. The number of nitrogens with one attached hydrogen (secondary N) is 1. The number of nitrogens with zero attached hydrogens (tertiary/aromatic N) is 2. The van der Waals surface area contributed by atoms with E-state index in [1.165, 1.54) is 0 Å². The molecule has 3 aliphatic heterocycles. The lowest BCUT2D eigenvalue weighted by atomic mass is 10.1. The predicted molar refractivity (Wildman–Crippen MR) is 95.0 cm³/mol. The van der Waals surface area contributed by atoms with Crippen molar-refractivity contribution in [2.45, 2.75) is 12.2 Å². The summed E-state index contributed by atoms with van der Waals surface area (Å²) in [7, 11) is 1.71. The average Bonchev–Trinajstić information content (AvgIpc) is 2.65. The van der Waals surface area contributed by atoms with Gasteiger partial charge in [0.15, 0.2) is 11.5 Å². The van der Waals surface area contributed by atoms with Gasteiger partial charge in [0.1, 0.15) is 13.2 Å². The van der Waals surface area contributed by atoms with E-state index in [1.807, 2.05) is 17.0 Å². The summed E-state index contributed by atoms with van der Waals surface area (Å²) in [4.78, 5) is 16.9. The summed E-state index contributed by atoms with van der Waals surface area (Å²) >= 11 is 0. The van der Waals surface area contributed by atoms with Crippen LogP contribution in [0.1, 0.15) is 0 Å². The number of carbonyl (C=O) groups excluding carboxylic acids is 1. The Balaban J connectivity index is 1.35. The lowest BCUT2D eigenvalue weighted by Crippen LogP contribution is -2.61. The van der Waals surface area contributed by atoms with Gasteiger partial charge in [-0.25, -0.2) is 4.79 Å². The number of ether oxygens (including phenoxy) is 4. The van der Waals surface area contributed by atoms with E-state index in [1.54, 1.807) is 13.2 Å². The van der Waals surface area contributed by atoms with Crippen molar-refractivity contribution in [1.82, 2.24) is 9.80 Å². The van der Waals surface area contributed by atoms with Crippen molar-refractivity contribution in [3.05, 3.63) is 18.2 Å². The fourth-order valence-electron chi connectivity index (χ4n) is 3.67. The van der Waals surface area contributed by atoms with Crippen LogP contribution in [0.15, 0.2) is 18.2 Å². The quantitative estimate of drug-likeness (QED) is 0.861. The molecule has 2 fully saturated rings. The summed E-state index contributed by atoms with van der Waals surface area (Å²) in [6.07, 6.45) is 0.0933. The maximum atomic E-state index is 12.7. The highest BCUT2D eigenvalue weighted by molar-refractivity contribution is 5.89. The molecule has 8 heteroatoms. The van der Waals surface area contributed by atoms with Crippen LogP contribution < -0.4 is 14.8 Å². The van der Waals surface area contributed by atoms with Gasteiger partial charge in [0.2, 0.25) is 0 Å². The van der Waals surface area contributed by atoms with E-state index in [9.17, 15) is 4.79 Å². The molecular formula is C18H25N3O5. The van der Waals surface area contributed by atoms with Gasteiger partial charge >= 0.3 is 6.03 Å². The molecule has 0 aliphatic carbocycles. The lowest BCUT2D eigenvalue weighted by Gasteiger charge is -2.45. The molecule has 2 saturated heterocycles. The van der Waals surface area contributed by atoms with E-state index in [-0.39, 0.29) is 18.2 Å². The van der Waals surface area contributed by atoms with Crippen LogP contribution in [0.25, 0.3) is 0 Å². The van der Waals surface area contributed by atoms with Crippen LogP contribution in [-0.2, 0) is 9.47 Å². The van der Waals surface area contributed by atoms with Crippen LogP contribution in [0.5, 0.6) is 11.5 Å². The number of amides is 2. The highest BCUT2D eigenvalue weighted by Gasteiger charge is 2.36. The standard InChI is InChI=1S/C18H25N3O5/c1-23-5-4-20-9-14-11-21(12-15(10-20)26-14)18(22)19-13-2-3-16-17(8-13)25-7-6-24-16/h2-3,8,14-15H,4-7,9-12H2,1H3,(H,19,22). The summed E-state index contributed by atoms with van der Waals surface area (Å²) in [5.41, 5.74) is 0.706. The second-order valence-electron chi connectivity index (χ2n) is 6.83. The minimum absolute atomic E-state index is 0.0466. The van der Waals surface area contributed by atoms with Crippen molar-refractivity contribution in [2.24, 2.45) is 0 Å². The van der Waals surface area contributed by atoms with E-state index in [0.717, 1.165) is 19.6 Å². The molecule has 1 aromatic carbocycles. The summed E-state index contributed by atoms with van der Waals surface area (Å²) < 4.78 is 22.2. The van der Waals surface area contributed by atoms with Crippen molar-refractivity contribution in [1.29, 1.82) is 0 Å². The first-order chi connectivity index (χ1) is 12.7. The van der Waals surface area contributed by atoms with Crippen LogP contribution >= 0.6 is 0 Å². The molecular weight excluding hydrogens is 338 g/mol. The minimum atomic E-state index is -0.106. The summed E-state index contributed by atoms with van der Waals surface area (Å²) in [5, 5.41) is 2.96. The molecule has 3 aliphatic rings. The fraction of sp³-hybridized carbons (Fsp3) is 0.611. The van der Waals surface area contributed by atoms with Gasteiger partial charge < -0.3 is 29.2 Å². The third-order valence-corrected chi connectivity index (χ3v) is 4.85. The number of fused-ring (bicyclic) bond motifs is 3. The van der Waals surface area contributed by atoms with Crippen LogP contribution in [0.3, 0.4) is 0 Å². The van der Waals surface area contributed by atoms with Crippen LogP contribution in [-0.4, -0.2) is 87.7 Å². The van der Waals surface area contributed by atoms with E-state index in [0.29, 0.717) is 50.1 Å². The first-order valence-electron chi connectivity index (χ1n) is 9.03. The maximum Gasteiger partial charge on any atom is 0.322 e. The van der Waals surface area contributed by atoms with Crippen molar-refractivity contribution in [3.8, 4) is 11.5 Å². The zero-order valence-corrected chi connectivity index (χ0v) is 15.0. The summed E-state index contributed by atoms with van der Waals surface area (Å²) in [6.45, 7) is 5.53. The van der Waals surface area contributed by atoms with Crippen molar-refractivity contribution < 1.29 is 23.7 Å². The molecule has 3 heterocycles. The number of hydrogen-bond donors (Lipinski definition) is 1. The molecule has 142 valence electrons. The van der Waals surface area contributed by atoms with Gasteiger partial charge in [-0.15, -0.1) is 0 Å². The Morgan fingerprint density at radius 3 is 2.62 bits per heavy atom. The highest BCUT2D eigenvalue weighted by Crippen LogP contribution is 2.32. The smallest absolute Gasteiger partial charge is 0.322 e. The number of carbonyl (C=O) groups is 1. The molecule has 4 rings (SSSR count). The zero-order valence-electron chi connectivity index (χ0n) is 15.0. The number of rotatable bonds is 4. The van der Waals surface area contributed by atoms with Gasteiger partial charge in [-0.3, -0.25) is 4.90 Å². The van der Waals surface area contributed by atoms with Crippen LogP contribution in [0.4, 0.5) is 10.5 Å². The SMILES string of the molecule is COCCN1CC2CN(C(=O)Nc3ccc4c(c3)OCCO4)CC(C1)O2. The Morgan fingerprint density at radius 1 is 1.15 bits per heavy atom. The second-order valence-corrected chi connectivity index (χ2v) is 6.83. The Bertz CT molecular complexity index is 642. The van der Waals surface area contributed by atoms with Crippen molar-refractivity contribution in [2.75, 3.05) is 65.0 Å². The highest BCUT2D eigenvalue weighted by atomic mass is 16.6. The second kappa shape index (κ2) is 7.69. The molecule has 0 radical (unpaired) electrons. The fourth-order valence-corrected chi connectivity index (χ4v) is 3.67. The molecule has 0 spiro atoms. The summed E-state index contributed by atoms with van der Waals surface area (Å²) in [5.74, 6) is 1.38.